The zero-order valence-corrected chi connectivity index (χ0v) is 24.3. The second-order valence-electron chi connectivity index (χ2n) is 8.84. The molecule has 0 spiro atoms. The highest BCUT2D eigenvalue weighted by atomic mass is 32.2. The van der Waals surface area contributed by atoms with Crippen LogP contribution in [0.15, 0.2) is 39.8 Å². The quantitative estimate of drug-likeness (QED) is 0.0296. The lowest BCUT2D eigenvalue weighted by molar-refractivity contribution is -0.216. The number of benzene rings is 1. The number of nitrogens with zero attached hydrogens (tertiary/aromatic N) is 4. The summed E-state index contributed by atoms with van der Waals surface area (Å²) < 4.78 is 28.7. The number of aromatic nitrogens is 1. The first kappa shape index (κ1) is 33.5. The Bertz CT molecular complexity index is 1230. The van der Waals surface area contributed by atoms with E-state index in [1.807, 2.05) is 5.38 Å². The number of carbonyl (C=O) groups is 2. The summed E-state index contributed by atoms with van der Waals surface area (Å²) in [7, 11) is 0. The van der Waals surface area contributed by atoms with E-state index < -0.39 is 34.9 Å². The van der Waals surface area contributed by atoms with Gasteiger partial charge < -0.3 is 37.2 Å². The Morgan fingerprint density at radius 1 is 1.34 bits per heavy atom. The third-order valence-electron chi connectivity index (χ3n) is 5.54. The van der Waals surface area contributed by atoms with Gasteiger partial charge >= 0.3 is 11.4 Å². The molecule has 16 nitrogen and oxygen atoms in total. The van der Waals surface area contributed by atoms with Crippen molar-refractivity contribution in [2.75, 3.05) is 32.1 Å². The van der Waals surface area contributed by atoms with Gasteiger partial charge in [0, 0.05) is 17.5 Å². The number of hydrogen-bond acceptors (Lipinski definition) is 13. The third-order valence-corrected chi connectivity index (χ3v) is 6.49. The van der Waals surface area contributed by atoms with Crippen LogP contribution in [0.3, 0.4) is 0 Å². The van der Waals surface area contributed by atoms with E-state index in [-0.39, 0.29) is 19.8 Å². The number of amidine groups is 1. The standard InChI is InChI=1S/C17H24N6O3S.C6H10N2O5S/c1-11(15-10-27-17(20)22-15)23-26-7-6-25-14-4-2-12(3-5-14)16(19)21-13(8-18)9-24;1-6(2)4(7-3-9)5(10)8(6)13-14(11)12/h2-5,10,13,24H,6-9,18H2,1H3,(H2,19,21)(H2,20,22);3-4H,1-2H3,(H,7,9)(H,11,12)/b23-11+;/t;4-/m.1/s1. The first-order valence-electron chi connectivity index (χ1n) is 12.0. The lowest BCUT2D eigenvalue weighted by Gasteiger charge is -2.50. The number of oxime groups is 1. The molecule has 0 aliphatic carbocycles. The molecule has 18 heteroatoms. The van der Waals surface area contributed by atoms with Gasteiger partial charge in [-0.1, -0.05) is 5.16 Å². The largest absolute Gasteiger partial charge is 0.490 e. The normalized spacial score (nSPS) is 18.0. The maximum absolute atomic E-state index is 11.2. The van der Waals surface area contributed by atoms with Gasteiger partial charge in [0.15, 0.2) is 11.7 Å². The zero-order valence-electron chi connectivity index (χ0n) is 22.6. The number of rotatable bonds is 14. The fourth-order valence-electron chi connectivity index (χ4n) is 3.30. The number of ether oxygens (including phenoxy) is 1. The van der Waals surface area contributed by atoms with Gasteiger partial charge in [0.05, 0.1) is 18.2 Å². The van der Waals surface area contributed by atoms with Gasteiger partial charge in [-0.15, -0.1) is 15.6 Å². The molecule has 1 aromatic heterocycles. The van der Waals surface area contributed by atoms with Gasteiger partial charge in [0.25, 0.3) is 5.91 Å². The molecule has 0 bridgehead atoms. The van der Waals surface area contributed by atoms with E-state index in [1.165, 1.54) is 11.3 Å². The van der Waals surface area contributed by atoms with Crippen molar-refractivity contribution in [1.29, 1.82) is 0 Å². The van der Waals surface area contributed by atoms with E-state index in [1.54, 1.807) is 45.0 Å². The smallest absolute Gasteiger partial charge is 0.325 e. The number of nitrogens with one attached hydrogen (secondary N) is 1. The minimum Gasteiger partial charge on any atom is -0.490 e. The number of aliphatic hydroxyl groups is 1. The summed E-state index contributed by atoms with van der Waals surface area (Å²) in [5, 5.41) is 18.5. The average molecular weight is 615 g/mol. The molecular formula is C23H34N8O8S2. The number of hydrogen-bond donors (Lipinski definition) is 6. The van der Waals surface area contributed by atoms with E-state index in [4.69, 9.17) is 36.4 Å². The summed E-state index contributed by atoms with van der Waals surface area (Å²) in [5.41, 5.74) is 18.2. The van der Waals surface area contributed by atoms with E-state index in [0.29, 0.717) is 41.1 Å². The topological polar surface area (TPSA) is 250 Å². The molecule has 1 aromatic carbocycles. The van der Waals surface area contributed by atoms with Crippen LogP contribution in [-0.4, -0.2) is 91.8 Å². The van der Waals surface area contributed by atoms with Crippen LogP contribution in [0.2, 0.25) is 0 Å². The molecule has 9 N–H and O–H groups in total. The average Bonchev–Trinajstić information content (AvgIpc) is 3.39. The van der Waals surface area contributed by atoms with E-state index >= 15 is 0 Å². The van der Waals surface area contributed by atoms with Crippen molar-refractivity contribution in [2.24, 2.45) is 21.6 Å². The van der Waals surface area contributed by atoms with Crippen molar-refractivity contribution in [3.63, 3.8) is 0 Å². The van der Waals surface area contributed by atoms with Crippen molar-refractivity contribution in [3.8, 4) is 5.75 Å². The summed E-state index contributed by atoms with van der Waals surface area (Å²) in [4.78, 5) is 34.9. The lowest BCUT2D eigenvalue weighted by atomic mass is 9.85. The van der Waals surface area contributed by atoms with Crippen LogP contribution in [0.25, 0.3) is 0 Å². The molecule has 2 unspecified atom stereocenters. The molecule has 226 valence electrons. The highest BCUT2D eigenvalue weighted by Gasteiger charge is 2.56. The number of amides is 2. The fraction of sp³-hybridized carbons (Fsp3) is 0.435. The number of anilines is 1. The lowest BCUT2D eigenvalue weighted by Crippen LogP contribution is -2.75. The van der Waals surface area contributed by atoms with E-state index in [2.05, 4.69) is 24.7 Å². The first-order chi connectivity index (χ1) is 19.4. The number of aliphatic imine (C=N–C) groups is 1. The molecule has 0 saturated carbocycles. The van der Waals surface area contributed by atoms with Gasteiger partial charge in [0.1, 0.15) is 35.6 Å². The van der Waals surface area contributed by atoms with Gasteiger partial charge in [-0.2, -0.15) is 9.27 Å². The van der Waals surface area contributed by atoms with Gasteiger partial charge in [-0.25, -0.2) is 4.98 Å². The van der Waals surface area contributed by atoms with Crippen molar-refractivity contribution in [3.05, 3.63) is 40.9 Å². The van der Waals surface area contributed by atoms with Crippen LogP contribution < -0.4 is 27.3 Å². The molecule has 1 aliphatic rings. The van der Waals surface area contributed by atoms with Gasteiger partial charge in [-0.05, 0) is 45.0 Å². The predicted octanol–water partition coefficient (Wildman–Crippen LogP) is -0.640. The monoisotopic (exact) mass is 614 g/mol. The van der Waals surface area contributed by atoms with Crippen LogP contribution in [0.1, 0.15) is 32.0 Å². The van der Waals surface area contributed by atoms with Gasteiger partial charge in [-0.3, -0.25) is 19.1 Å². The molecule has 3 rings (SSSR count). The summed E-state index contributed by atoms with van der Waals surface area (Å²) in [6.07, 6.45) is 0.400. The SMILES string of the molecule is C/C(=N\OCCOc1ccc(C(N)=NC(CN)CO)cc1)c1csc(N)n1.CC1(C)[C@H](NC=O)C(=O)N1OS(=O)O. The van der Waals surface area contributed by atoms with Crippen molar-refractivity contribution in [2.45, 2.75) is 38.4 Å². The molecule has 0 radical (unpaired) electrons. The number of β-lactam (4-membered cyclic amide) rings is 1. The maximum atomic E-state index is 11.2. The predicted molar refractivity (Wildman–Crippen MR) is 153 cm³/mol. The number of hydroxylamine groups is 2. The van der Waals surface area contributed by atoms with Crippen molar-refractivity contribution < 1.29 is 37.3 Å². The van der Waals surface area contributed by atoms with Gasteiger partial charge in [0.2, 0.25) is 6.41 Å². The van der Waals surface area contributed by atoms with Crippen LogP contribution in [-0.2, 0) is 30.1 Å². The summed E-state index contributed by atoms with van der Waals surface area (Å²) in [6, 6.07) is 6.01. The Morgan fingerprint density at radius 2 is 2.02 bits per heavy atom. The van der Waals surface area contributed by atoms with E-state index in [9.17, 15) is 13.8 Å². The Morgan fingerprint density at radius 3 is 2.54 bits per heavy atom. The minimum absolute atomic E-state index is 0.143. The summed E-state index contributed by atoms with van der Waals surface area (Å²) >= 11 is -1.19. The third kappa shape index (κ3) is 9.73. The molecule has 2 amide bonds. The highest BCUT2D eigenvalue weighted by Crippen LogP contribution is 2.31. The second kappa shape index (κ2) is 15.9. The molecule has 3 atom stereocenters. The van der Waals surface area contributed by atoms with Crippen LogP contribution in [0.5, 0.6) is 5.75 Å². The highest BCUT2D eigenvalue weighted by molar-refractivity contribution is 7.74. The molecular weight excluding hydrogens is 580 g/mol. The minimum atomic E-state index is -2.54. The molecule has 2 heterocycles. The first-order valence-corrected chi connectivity index (χ1v) is 13.9. The molecule has 1 fully saturated rings. The van der Waals surface area contributed by atoms with Crippen molar-refractivity contribution in [1.82, 2.24) is 15.4 Å². The Balaban J connectivity index is 0.000000353. The number of aliphatic hydroxyl groups excluding tert-OH is 1. The molecule has 1 aliphatic heterocycles. The Labute approximate surface area is 243 Å². The number of nitrogen functional groups attached to an aromatic ring is 1. The summed E-state index contributed by atoms with van der Waals surface area (Å²) in [6.45, 7) is 5.71. The Kier molecular flexibility index (Phi) is 13.0. The fourth-order valence-corrected chi connectivity index (χ4v) is 4.30. The van der Waals surface area contributed by atoms with Crippen LogP contribution in [0.4, 0.5) is 5.13 Å². The van der Waals surface area contributed by atoms with Crippen LogP contribution in [0, 0.1) is 0 Å². The summed E-state index contributed by atoms with van der Waals surface area (Å²) in [5.74, 6) is 0.437. The second-order valence-corrected chi connectivity index (χ2v) is 10.3. The number of nitrogens with two attached hydrogens (primary N) is 3. The molecule has 41 heavy (non-hydrogen) atoms. The van der Waals surface area contributed by atoms with Crippen LogP contribution >= 0.6 is 11.3 Å². The van der Waals surface area contributed by atoms with Crippen molar-refractivity contribution >= 4 is 51.7 Å². The Hall–Kier alpha value is -3.68. The molecule has 2 aromatic rings. The maximum Gasteiger partial charge on any atom is 0.325 e. The number of carbonyl (C=O) groups excluding carboxylic acids is 2. The van der Waals surface area contributed by atoms with E-state index in [0.717, 1.165) is 10.6 Å². The molecule has 1 saturated heterocycles. The number of thiazole rings is 1. The zero-order chi connectivity index (χ0) is 30.6.